The molecule has 0 atom stereocenters. The van der Waals surface area contributed by atoms with Gasteiger partial charge in [-0.25, -0.2) is 4.39 Å². The van der Waals surface area contributed by atoms with Crippen molar-refractivity contribution in [3.63, 3.8) is 0 Å². The Morgan fingerprint density at radius 3 is 2.39 bits per heavy atom. The lowest BCUT2D eigenvalue weighted by Gasteiger charge is -2.08. The monoisotopic (exact) mass is 347 g/mol. The molecule has 0 heterocycles. The Morgan fingerprint density at radius 2 is 1.78 bits per heavy atom. The topological polar surface area (TPSA) is 12.0 Å². The largest absolute Gasteiger partial charge is 0.381 e. The second kappa shape index (κ2) is 5.91. The average Bonchev–Trinajstić information content (AvgIpc) is 2.33. The van der Waals surface area contributed by atoms with E-state index in [1.807, 2.05) is 24.3 Å². The highest BCUT2D eigenvalue weighted by atomic mass is 79.9. The maximum absolute atomic E-state index is 13.2. The second-order valence-electron chi connectivity index (χ2n) is 3.74. The molecule has 0 radical (unpaired) electrons. The summed E-state index contributed by atoms with van der Waals surface area (Å²) in [6.45, 7) is 0.609. The molecule has 0 aliphatic rings. The fraction of sp³-hybridized carbons (Fsp3) is 0.0769. The first-order chi connectivity index (χ1) is 8.56. The van der Waals surface area contributed by atoms with Crippen LogP contribution in [0.15, 0.2) is 40.9 Å². The van der Waals surface area contributed by atoms with Crippen LogP contribution in [0.5, 0.6) is 0 Å². The first-order valence-electron chi connectivity index (χ1n) is 5.19. The molecule has 5 heteroatoms. The predicted octanol–water partition coefficient (Wildman–Crippen LogP) is 5.51. The Hall–Kier alpha value is -0.770. The molecule has 0 saturated heterocycles. The molecule has 0 aliphatic heterocycles. The summed E-state index contributed by atoms with van der Waals surface area (Å²) in [5, 5.41) is 3.17. The highest BCUT2D eigenvalue weighted by Gasteiger charge is 2.07. The van der Waals surface area contributed by atoms with Crippen LogP contribution in [0.2, 0.25) is 10.0 Å². The van der Waals surface area contributed by atoms with Crippen LogP contribution in [-0.2, 0) is 6.54 Å². The molecular formula is C13H9BrCl2FN. The Bertz CT molecular complexity index is 552. The van der Waals surface area contributed by atoms with E-state index in [1.165, 1.54) is 12.1 Å². The molecule has 0 bridgehead atoms. The zero-order chi connectivity index (χ0) is 13.1. The van der Waals surface area contributed by atoms with E-state index in [0.29, 0.717) is 12.2 Å². The molecule has 0 amide bonds. The Kier molecular flexibility index (Phi) is 4.49. The van der Waals surface area contributed by atoms with Gasteiger partial charge < -0.3 is 5.32 Å². The minimum Gasteiger partial charge on any atom is -0.381 e. The van der Waals surface area contributed by atoms with E-state index in [1.54, 1.807) is 0 Å². The van der Waals surface area contributed by atoms with Gasteiger partial charge in [0, 0.05) is 16.7 Å². The minimum atomic E-state index is -0.591. The second-order valence-corrected chi connectivity index (χ2v) is 5.47. The van der Waals surface area contributed by atoms with Crippen LogP contribution >= 0.6 is 39.1 Å². The first-order valence-corrected chi connectivity index (χ1v) is 6.74. The van der Waals surface area contributed by atoms with Crippen LogP contribution in [0.25, 0.3) is 0 Å². The van der Waals surface area contributed by atoms with Crippen molar-refractivity contribution in [2.75, 3.05) is 5.32 Å². The third kappa shape index (κ3) is 3.37. The van der Waals surface area contributed by atoms with E-state index < -0.39 is 5.82 Å². The molecule has 1 nitrogen and oxygen atoms in total. The summed E-state index contributed by atoms with van der Waals surface area (Å²) in [4.78, 5) is 0. The van der Waals surface area contributed by atoms with Gasteiger partial charge in [-0.1, -0.05) is 51.3 Å². The summed E-state index contributed by atoms with van der Waals surface area (Å²) in [6.07, 6.45) is 0. The van der Waals surface area contributed by atoms with Crippen molar-refractivity contribution >= 4 is 44.8 Å². The molecule has 1 N–H and O–H groups in total. The molecule has 18 heavy (non-hydrogen) atoms. The van der Waals surface area contributed by atoms with Crippen molar-refractivity contribution in [3.8, 4) is 0 Å². The number of benzene rings is 2. The summed E-state index contributed by atoms with van der Waals surface area (Å²) < 4.78 is 14.2. The molecule has 2 aromatic rings. The summed E-state index contributed by atoms with van der Waals surface area (Å²) >= 11 is 14.8. The summed E-state index contributed by atoms with van der Waals surface area (Å²) in [5.74, 6) is -0.591. The van der Waals surface area contributed by atoms with E-state index in [2.05, 4.69) is 21.2 Å². The number of rotatable bonds is 3. The molecule has 2 rings (SSSR count). The van der Waals surface area contributed by atoms with E-state index in [4.69, 9.17) is 23.2 Å². The highest BCUT2D eigenvalue weighted by molar-refractivity contribution is 9.10. The Balaban J connectivity index is 2.11. The molecule has 0 fully saturated rings. The normalized spacial score (nSPS) is 10.4. The van der Waals surface area contributed by atoms with Gasteiger partial charge >= 0.3 is 0 Å². The lowest BCUT2D eigenvalue weighted by Crippen LogP contribution is -1.99. The lowest BCUT2D eigenvalue weighted by atomic mass is 10.2. The van der Waals surface area contributed by atoms with Crippen LogP contribution in [0.1, 0.15) is 5.56 Å². The lowest BCUT2D eigenvalue weighted by molar-refractivity contribution is 0.629. The highest BCUT2D eigenvalue weighted by Crippen LogP contribution is 2.27. The van der Waals surface area contributed by atoms with E-state index >= 15 is 0 Å². The van der Waals surface area contributed by atoms with Gasteiger partial charge in [0.05, 0.1) is 10.0 Å². The van der Waals surface area contributed by atoms with Gasteiger partial charge in [0.25, 0.3) is 0 Å². The zero-order valence-corrected chi connectivity index (χ0v) is 12.3. The van der Waals surface area contributed by atoms with Gasteiger partial charge in [-0.2, -0.15) is 0 Å². The van der Waals surface area contributed by atoms with Crippen LogP contribution < -0.4 is 5.32 Å². The summed E-state index contributed by atoms with van der Waals surface area (Å²) in [5.41, 5.74) is 1.78. The number of hydrogen-bond acceptors (Lipinski definition) is 1. The molecule has 2 aromatic carbocycles. The Labute approximate surface area is 123 Å². The van der Waals surface area contributed by atoms with Crippen LogP contribution in [0, 0.1) is 5.82 Å². The number of anilines is 1. The fourth-order valence-electron chi connectivity index (χ4n) is 1.51. The molecule has 0 aromatic heterocycles. The predicted molar refractivity (Wildman–Crippen MR) is 77.9 cm³/mol. The Morgan fingerprint density at radius 1 is 1.11 bits per heavy atom. The van der Waals surface area contributed by atoms with Crippen molar-refractivity contribution in [1.82, 2.24) is 0 Å². The smallest absolute Gasteiger partial charge is 0.160 e. The fourth-order valence-corrected chi connectivity index (χ4v) is 2.44. The number of nitrogens with one attached hydrogen (secondary N) is 1. The standard InChI is InChI=1S/C13H9BrCl2FN/c14-9-3-1-2-8(4-9)7-18-10-5-11(15)13(17)12(16)6-10/h1-6,18H,7H2. The van der Waals surface area contributed by atoms with Crippen LogP contribution in [0.3, 0.4) is 0 Å². The van der Waals surface area contributed by atoms with Crippen molar-refractivity contribution in [1.29, 1.82) is 0 Å². The van der Waals surface area contributed by atoms with Gasteiger partial charge in [-0.3, -0.25) is 0 Å². The molecule has 0 spiro atoms. The average molecular weight is 349 g/mol. The van der Waals surface area contributed by atoms with E-state index in [9.17, 15) is 4.39 Å². The van der Waals surface area contributed by atoms with Crippen LogP contribution in [0.4, 0.5) is 10.1 Å². The van der Waals surface area contributed by atoms with Crippen molar-refractivity contribution in [2.24, 2.45) is 0 Å². The maximum atomic E-state index is 13.2. The van der Waals surface area contributed by atoms with E-state index in [0.717, 1.165) is 10.0 Å². The minimum absolute atomic E-state index is 0.0132. The van der Waals surface area contributed by atoms with Crippen LogP contribution in [-0.4, -0.2) is 0 Å². The number of hydrogen-bond donors (Lipinski definition) is 1. The molecule has 0 aliphatic carbocycles. The first kappa shape index (κ1) is 13.7. The van der Waals surface area contributed by atoms with Gasteiger partial charge in [0.15, 0.2) is 5.82 Å². The van der Waals surface area contributed by atoms with E-state index in [-0.39, 0.29) is 10.0 Å². The molecule has 94 valence electrons. The molecule has 0 unspecified atom stereocenters. The van der Waals surface area contributed by atoms with Gasteiger partial charge in [-0.05, 0) is 29.8 Å². The molecular weight excluding hydrogens is 340 g/mol. The van der Waals surface area contributed by atoms with Gasteiger partial charge in [-0.15, -0.1) is 0 Å². The SMILES string of the molecule is Fc1c(Cl)cc(NCc2cccc(Br)c2)cc1Cl. The quantitative estimate of drug-likeness (QED) is 0.721. The van der Waals surface area contributed by atoms with Gasteiger partial charge in [0.1, 0.15) is 0 Å². The third-order valence-corrected chi connectivity index (χ3v) is 3.41. The van der Waals surface area contributed by atoms with Gasteiger partial charge in [0.2, 0.25) is 0 Å². The maximum Gasteiger partial charge on any atom is 0.160 e. The zero-order valence-electron chi connectivity index (χ0n) is 9.18. The van der Waals surface area contributed by atoms with Crippen molar-refractivity contribution in [3.05, 3.63) is 62.3 Å². The van der Waals surface area contributed by atoms with Crippen molar-refractivity contribution in [2.45, 2.75) is 6.54 Å². The summed E-state index contributed by atoms with van der Waals surface area (Å²) in [7, 11) is 0. The van der Waals surface area contributed by atoms with Crippen molar-refractivity contribution < 1.29 is 4.39 Å². The summed E-state index contributed by atoms with van der Waals surface area (Å²) in [6, 6.07) is 10.9. The molecule has 0 saturated carbocycles. The third-order valence-electron chi connectivity index (χ3n) is 2.37. The number of halogens is 4.